The van der Waals surface area contributed by atoms with Crippen molar-refractivity contribution < 1.29 is 0 Å². The molecule has 0 heterocycles. The average Bonchev–Trinajstić information content (AvgIpc) is 3.20. The Morgan fingerprint density at radius 1 is 0.743 bits per heavy atom. The van der Waals surface area contributed by atoms with E-state index in [1.165, 1.54) is 33.0 Å². The molecular formula is C35H32. The second-order valence-corrected chi connectivity index (χ2v) is 8.54. The fraction of sp³-hybridized carbons (Fsp3) is 0.0857. The van der Waals surface area contributed by atoms with Gasteiger partial charge in [0.25, 0.3) is 0 Å². The molecule has 0 fully saturated rings. The molecule has 0 radical (unpaired) electrons. The molecule has 1 atom stereocenters. The Morgan fingerprint density at radius 2 is 1.43 bits per heavy atom. The largest absolute Gasteiger partial charge is 0.0991 e. The molecule has 0 N–H and O–H groups in total. The lowest BCUT2D eigenvalue weighted by Crippen LogP contribution is -2.31. The third kappa shape index (κ3) is 3.45. The Kier molecular flexibility index (Phi) is 6.85. The number of allylic oxidation sites excluding steroid dienone is 10. The molecule has 3 aromatic carbocycles. The normalized spacial score (nSPS) is 17.8. The molecule has 1 aliphatic rings. The Labute approximate surface area is 210 Å². The summed E-state index contributed by atoms with van der Waals surface area (Å²) in [5.41, 5.74) is 8.60. The zero-order valence-corrected chi connectivity index (χ0v) is 20.7. The van der Waals surface area contributed by atoms with Gasteiger partial charge in [0.2, 0.25) is 0 Å². The van der Waals surface area contributed by atoms with E-state index in [1.54, 1.807) is 0 Å². The third-order valence-electron chi connectivity index (χ3n) is 6.86. The zero-order chi connectivity index (χ0) is 25.0. The minimum Gasteiger partial charge on any atom is -0.0991 e. The van der Waals surface area contributed by atoms with E-state index in [-0.39, 0.29) is 0 Å². The summed E-state index contributed by atoms with van der Waals surface area (Å²) in [5, 5.41) is 2.40. The molecule has 3 aromatic rings. The van der Waals surface area contributed by atoms with Gasteiger partial charge in [0, 0.05) is 0 Å². The second-order valence-electron chi connectivity index (χ2n) is 8.54. The number of rotatable bonds is 8. The topological polar surface area (TPSA) is 0 Å². The van der Waals surface area contributed by atoms with Gasteiger partial charge in [0.1, 0.15) is 0 Å². The van der Waals surface area contributed by atoms with Crippen LogP contribution < -0.4 is 0 Å². The van der Waals surface area contributed by atoms with E-state index in [2.05, 4.69) is 125 Å². The second kappa shape index (κ2) is 9.99. The van der Waals surface area contributed by atoms with Crippen molar-refractivity contribution in [2.24, 2.45) is 0 Å². The SMILES string of the molecule is C=C/C=C(\C=C/C)C1(c2ccccc2)C(C=C)=C(C=C)c2c1c(C=C)c(/C=C\C)c1ccccc21. The summed E-state index contributed by atoms with van der Waals surface area (Å²) >= 11 is 0. The fourth-order valence-electron chi connectivity index (χ4n) is 5.73. The third-order valence-corrected chi connectivity index (χ3v) is 6.86. The van der Waals surface area contributed by atoms with E-state index in [0.29, 0.717) is 0 Å². The standard InChI is InChI=1S/C35H32/c1-7-18-25(19-8-2)35(26-21-14-13-15-22-26)32(12-6)28(11-5)33-31-24-17-16-23-30(31)29(20-9-3)27(10-4)34(33)35/h7-24H,1,4-6H2,2-3H3/b19-8-,20-9-,25-18+. The quantitative estimate of drug-likeness (QED) is 0.298. The molecule has 172 valence electrons. The number of hydrogen-bond donors (Lipinski definition) is 0. The first kappa shape index (κ1) is 24.0. The van der Waals surface area contributed by atoms with Crippen molar-refractivity contribution in [1.29, 1.82) is 0 Å². The Morgan fingerprint density at radius 3 is 2.00 bits per heavy atom. The highest BCUT2D eigenvalue weighted by Crippen LogP contribution is 2.59. The van der Waals surface area contributed by atoms with Crippen LogP contribution in [0.25, 0.3) is 28.5 Å². The molecule has 0 heteroatoms. The minimum atomic E-state index is -0.605. The summed E-state index contributed by atoms with van der Waals surface area (Å²) in [7, 11) is 0. The van der Waals surface area contributed by atoms with Crippen LogP contribution in [-0.4, -0.2) is 0 Å². The van der Waals surface area contributed by atoms with Gasteiger partial charge in [-0.05, 0) is 69.2 Å². The van der Waals surface area contributed by atoms with Gasteiger partial charge in [-0.2, -0.15) is 0 Å². The summed E-state index contributed by atoms with van der Waals surface area (Å²) in [4.78, 5) is 0. The van der Waals surface area contributed by atoms with Gasteiger partial charge in [-0.3, -0.25) is 0 Å². The summed E-state index contributed by atoms with van der Waals surface area (Å²) in [6.45, 7) is 21.1. The van der Waals surface area contributed by atoms with Crippen LogP contribution in [-0.2, 0) is 5.41 Å². The summed E-state index contributed by atoms with van der Waals surface area (Å²) in [6.07, 6.45) is 18.5. The van der Waals surface area contributed by atoms with Crippen molar-refractivity contribution in [3.63, 3.8) is 0 Å². The number of fused-ring (bicyclic) bond motifs is 3. The van der Waals surface area contributed by atoms with Crippen LogP contribution in [0.15, 0.2) is 135 Å². The van der Waals surface area contributed by atoms with Crippen LogP contribution in [0, 0.1) is 0 Å². The van der Waals surface area contributed by atoms with Crippen molar-refractivity contribution in [3.8, 4) is 0 Å². The molecule has 4 rings (SSSR count). The van der Waals surface area contributed by atoms with Crippen LogP contribution in [0.1, 0.15) is 41.7 Å². The lowest BCUT2D eigenvalue weighted by atomic mass is 9.64. The van der Waals surface area contributed by atoms with Crippen molar-refractivity contribution in [3.05, 3.63) is 162 Å². The van der Waals surface area contributed by atoms with Crippen molar-refractivity contribution in [2.75, 3.05) is 0 Å². The minimum absolute atomic E-state index is 0.605. The molecule has 1 aliphatic carbocycles. The summed E-state index contributed by atoms with van der Waals surface area (Å²) in [5.74, 6) is 0. The lowest BCUT2D eigenvalue weighted by molar-refractivity contribution is 0.759. The predicted molar refractivity (Wildman–Crippen MR) is 156 cm³/mol. The van der Waals surface area contributed by atoms with Crippen LogP contribution in [0.5, 0.6) is 0 Å². The first-order valence-corrected chi connectivity index (χ1v) is 12.0. The molecule has 0 saturated heterocycles. The summed E-state index contributed by atoms with van der Waals surface area (Å²) in [6, 6.07) is 19.3. The highest BCUT2D eigenvalue weighted by Gasteiger charge is 2.48. The van der Waals surface area contributed by atoms with Gasteiger partial charge in [-0.15, -0.1) is 0 Å². The predicted octanol–water partition coefficient (Wildman–Crippen LogP) is 9.63. The highest BCUT2D eigenvalue weighted by molar-refractivity contribution is 6.09. The van der Waals surface area contributed by atoms with E-state index < -0.39 is 5.41 Å². The molecule has 0 saturated carbocycles. The maximum absolute atomic E-state index is 4.32. The van der Waals surface area contributed by atoms with Crippen LogP contribution in [0.4, 0.5) is 0 Å². The Hall–Kier alpha value is -4.16. The smallest absolute Gasteiger partial charge is 0.0719 e. The maximum Gasteiger partial charge on any atom is 0.0719 e. The molecule has 0 spiro atoms. The van der Waals surface area contributed by atoms with Crippen LogP contribution >= 0.6 is 0 Å². The van der Waals surface area contributed by atoms with Crippen molar-refractivity contribution in [2.45, 2.75) is 19.3 Å². The summed E-state index contributed by atoms with van der Waals surface area (Å²) < 4.78 is 0. The van der Waals surface area contributed by atoms with E-state index in [9.17, 15) is 0 Å². The molecule has 1 unspecified atom stereocenters. The van der Waals surface area contributed by atoms with E-state index in [0.717, 1.165) is 22.3 Å². The lowest BCUT2D eigenvalue weighted by Gasteiger charge is -2.37. The molecule has 35 heavy (non-hydrogen) atoms. The highest BCUT2D eigenvalue weighted by atomic mass is 14.5. The molecule has 0 nitrogen and oxygen atoms in total. The van der Waals surface area contributed by atoms with Gasteiger partial charge >= 0.3 is 0 Å². The average molecular weight is 453 g/mol. The van der Waals surface area contributed by atoms with Gasteiger partial charge < -0.3 is 0 Å². The number of benzene rings is 3. The number of hydrogen-bond acceptors (Lipinski definition) is 0. The molecule has 0 bridgehead atoms. The van der Waals surface area contributed by atoms with Gasteiger partial charge in [-0.25, -0.2) is 0 Å². The maximum atomic E-state index is 4.32. The molecule has 0 aromatic heterocycles. The van der Waals surface area contributed by atoms with Crippen molar-refractivity contribution >= 4 is 28.5 Å². The van der Waals surface area contributed by atoms with Gasteiger partial charge in [-0.1, -0.05) is 136 Å². The van der Waals surface area contributed by atoms with Crippen LogP contribution in [0.3, 0.4) is 0 Å². The van der Waals surface area contributed by atoms with Crippen molar-refractivity contribution in [1.82, 2.24) is 0 Å². The first-order chi connectivity index (χ1) is 17.1. The zero-order valence-electron chi connectivity index (χ0n) is 20.7. The van der Waals surface area contributed by atoms with E-state index >= 15 is 0 Å². The Bertz CT molecular complexity index is 1450. The molecular weight excluding hydrogens is 420 g/mol. The van der Waals surface area contributed by atoms with E-state index in [4.69, 9.17) is 0 Å². The fourth-order valence-corrected chi connectivity index (χ4v) is 5.73. The van der Waals surface area contributed by atoms with Gasteiger partial charge in [0.15, 0.2) is 0 Å². The molecule has 0 aliphatic heterocycles. The first-order valence-electron chi connectivity index (χ1n) is 12.0. The van der Waals surface area contributed by atoms with Gasteiger partial charge in [0.05, 0.1) is 5.41 Å². The van der Waals surface area contributed by atoms with Crippen LogP contribution in [0.2, 0.25) is 0 Å². The molecule has 0 amide bonds. The van der Waals surface area contributed by atoms with E-state index in [1.807, 2.05) is 24.3 Å². The monoisotopic (exact) mass is 452 g/mol. The Balaban J connectivity index is 2.43.